The number of H-pyrrole nitrogens is 1. The number of benzene rings is 2. The summed E-state index contributed by atoms with van der Waals surface area (Å²) >= 11 is 0. The van der Waals surface area contributed by atoms with E-state index in [1.807, 2.05) is 36.5 Å². The molecule has 0 spiro atoms. The highest BCUT2D eigenvalue weighted by Crippen LogP contribution is 2.39. The van der Waals surface area contributed by atoms with E-state index in [-0.39, 0.29) is 18.6 Å². The minimum atomic E-state index is -0.0715. The van der Waals surface area contributed by atoms with Crippen molar-refractivity contribution in [2.75, 3.05) is 26.4 Å². The molecule has 0 bridgehead atoms. The van der Waals surface area contributed by atoms with Crippen molar-refractivity contribution in [1.29, 1.82) is 0 Å². The second-order valence-electron chi connectivity index (χ2n) is 9.24. The van der Waals surface area contributed by atoms with Crippen LogP contribution < -0.4 is 14.8 Å². The SMILES string of the molecule is C[C@@H]1CCCCN1CCCNC(=O)C[C@H](c1ccc2c(c1)OCO2)c1c[nH]c2ccccc12. The van der Waals surface area contributed by atoms with Gasteiger partial charge in [-0.3, -0.25) is 4.79 Å². The molecule has 2 aliphatic heterocycles. The molecule has 1 amide bonds. The first-order valence-corrected chi connectivity index (χ1v) is 12.2. The van der Waals surface area contributed by atoms with Crippen LogP contribution in [-0.4, -0.2) is 48.3 Å². The van der Waals surface area contributed by atoms with Gasteiger partial charge in [0.1, 0.15) is 0 Å². The molecule has 1 aromatic heterocycles. The maximum absolute atomic E-state index is 13.0. The molecular weight excluding hydrogens is 414 g/mol. The van der Waals surface area contributed by atoms with E-state index >= 15 is 0 Å². The number of carbonyl (C=O) groups is 1. The lowest BCUT2D eigenvalue weighted by atomic mass is 9.87. The Balaban J connectivity index is 1.28. The number of ether oxygens (including phenoxy) is 2. The molecule has 0 saturated carbocycles. The molecular formula is C27H33N3O3. The number of nitrogens with one attached hydrogen (secondary N) is 2. The Kier molecular flexibility index (Phi) is 6.53. The van der Waals surface area contributed by atoms with Crippen molar-refractivity contribution in [3.63, 3.8) is 0 Å². The van der Waals surface area contributed by atoms with Crippen LogP contribution in [0.1, 0.15) is 56.1 Å². The third-order valence-corrected chi connectivity index (χ3v) is 7.07. The van der Waals surface area contributed by atoms with E-state index in [1.165, 1.54) is 25.8 Å². The van der Waals surface area contributed by atoms with Crippen LogP contribution >= 0.6 is 0 Å². The average molecular weight is 448 g/mol. The predicted octanol–water partition coefficient (Wildman–Crippen LogP) is 4.80. The first-order valence-electron chi connectivity index (χ1n) is 12.2. The number of hydrogen-bond acceptors (Lipinski definition) is 4. The molecule has 6 nitrogen and oxygen atoms in total. The molecule has 6 heteroatoms. The Morgan fingerprint density at radius 3 is 2.97 bits per heavy atom. The maximum Gasteiger partial charge on any atom is 0.231 e. The van der Waals surface area contributed by atoms with Crippen LogP contribution in [0.3, 0.4) is 0 Å². The van der Waals surface area contributed by atoms with Gasteiger partial charge >= 0.3 is 0 Å². The number of para-hydroxylation sites is 1. The fourth-order valence-corrected chi connectivity index (χ4v) is 5.18. The number of rotatable bonds is 8. The quantitative estimate of drug-likeness (QED) is 0.487. The molecule has 2 atom stereocenters. The molecule has 0 radical (unpaired) electrons. The molecule has 3 heterocycles. The number of nitrogens with zero attached hydrogens (tertiary/aromatic N) is 1. The van der Waals surface area contributed by atoms with Crippen molar-refractivity contribution < 1.29 is 14.3 Å². The molecule has 2 aliphatic rings. The topological polar surface area (TPSA) is 66.6 Å². The summed E-state index contributed by atoms with van der Waals surface area (Å²) in [6.45, 7) is 5.50. The molecule has 0 unspecified atom stereocenters. The third-order valence-electron chi connectivity index (χ3n) is 7.07. The number of aromatic amines is 1. The van der Waals surface area contributed by atoms with Gasteiger partial charge in [0.15, 0.2) is 11.5 Å². The van der Waals surface area contributed by atoms with Gasteiger partial charge in [-0.1, -0.05) is 30.7 Å². The Hall–Kier alpha value is -2.99. The van der Waals surface area contributed by atoms with Crippen LogP contribution in [0.15, 0.2) is 48.7 Å². The van der Waals surface area contributed by atoms with E-state index in [0.717, 1.165) is 46.5 Å². The number of aromatic nitrogens is 1. The Labute approximate surface area is 195 Å². The van der Waals surface area contributed by atoms with Gasteiger partial charge in [0, 0.05) is 48.6 Å². The van der Waals surface area contributed by atoms with E-state index in [1.54, 1.807) is 0 Å². The summed E-state index contributed by atoms with van der Waals surface area (Å²) in [6.07, 6.45) is 7.32. The summed E-state index contributed by atoms with van der Waals surface area (Å²) in [6, 6.07) is 14.9. The van der Waals surface area contributed by atoms with Crippen LogP contribution in [0.5, 0.6) is 11.5 Å². The fraction of sp³-hybridized carbons (Fsp3) is 0.444. The molecule has 33 heavy (non-hydrogen) atoms. The summed E-state index contributed by atoms with van der Waals surface area (Å²) in [4.78, 5) is 18.9. The zero-order valence-electron chi connectivity index (χ0n) is 19.3. The zero-order chi connectivity index (χ0) is 22.6. The molecule has 1 saturated heterocycles. The Morgan fingerprint density at radius 1 is 1.18 bits per heavy atom. The Bertz CT molecular complexity index is 1110. The minimum Gasteiger partial charge on any atom is -0.454 e. The van der Waals surface area contributed by atoms with Crippen molar-refractivity contribution in [2.24, 2.45) is 0 Å². The van der Waals surface area contributed by atoms with E-state index in [2.05, 4.69) is 34.3 Å². The summed E-state index contributed by atoms with van der Waals surface area (Å²) in [5.41, 5.74) is 3.26. The second kappa shape index (κ2) is 9.87. The lowest BCUT2D eigenvalue weighted by Crippen LogP contribution is -2.39. The molecule has 3 aromatic rings. The third kappa shape index (κ3) is 4.86. The summed E-state index contributed by atoms with van der Waals surface area (Å²) < 4.78 is 11.1. The number of amides is 1. The molecule has 5 rings (SSSR count). The lowest BCUT2D eigenvalue weighted by Gasteiger charge is -2.33. The molecule has 2 N–H and O–H groups in total. The summed E-state index contributed by atoms with van der Waals surface area (Å²) in [5.74, 6) is 1.51. The minimum absolute atomic E-state index is 0.0715. The molecule has 1 fully saturated rings. The predicted molar refractivity (Wildman–Crippen MR) is 130 cm³/mol. The van der Waals surface area contributed by atoms with Gasteiger partial charge in [-0.15, -0.1) is 0 Å². The van der Waals surface area contributed by atoms with E-state index in [0.29, 0.717) is 19.0 Å². The van der Waals surface area contributed by atoms with Gasteiger partial charge in [-0.2, -0.15) is 0 Å². The van der Waals surface area contributed by atoms with Crippen LogP contribution in [-0.2, 0) is 4.79 Å². The van der Waals surface area contributed by atoms with Gasteiger partial charge in [-0.05, 0) is 62.1 Å². The number of fused-ring (bicyclic) bond motifs is 2. The van der Waals surface area contributed by atoms with Gasteiger partial charge in [0.25, 0.3) is 0 Å². The average Bonchev–Trinajstić information content (AvgIpc) is 3.48. The van der Waals surface area contributed by atoms with Gasteiger partial charge in [0.05, 0.1) is 0 Å². The van der Waals surface area contributed by atoms with Gasteiger partial charge in [0.2, 0.25) is 12.7 Å². The van der Waals surface area contributed by atoms with Crippen LogP contribution in [0.25, 0.3) is 10.9 Å². The van der Waals surface area contributed by atoms with E-state index in [9.17, 15) is 4.79 Å². The van der Waals surface area contributed by atoms with Crippen molar-refractivity contribution in [3.8, 4) is 11.5 Å². The van der Waals surface area contributed by atoms with E-state index < -0.39 is 0 Å². The monoisotopic (exact) mass is 447 g/mol. The Morgan fingerprint density at radius 2 is 2.06 bits per heavy atom. The number of hydrogen-bond donors (Lipinski definition) is 2. The standard InChI is InChI=1S/C27H33N3O3/c1-19-7-4-5-13-30(19)14-6-12-28-27(31)16-22(20-10-11-25-26(15-20)33-18-32-25)23-17-29-24-9-3-2-8-21(23)24/h2-3,8-11,15,17,19,22,29H,4-7,12-14,16,18H2,1H3,(H,28,31)/t19-,22-/m1/s1. The number of likely N-dealkylation sites (tertiary alicyclic amines) is 1. The molecule has 174 valence electrons. The smallest absolute Gasteiger partial charge is 0.231 e. The summed E-state index contributed by atoms with van der Waals surface area (Å²) in [5, 5.41) is 4.31. The number of carbonyl (C=O) groups excluding carboxylic acids is 1. The zero-order valence-corrected chi connectivity index (χ0v) is 19.3. The van der Waals surface area contributed by atoms with Crippen molar-refractivity contribution in [2.45, 2.75) is 51.0 Å². The highest BCUT2D eigenvalue weighted by molar-refractivity contribution is 5.86. The van der Waals surface area contributed by atoms with E-state index in [4.69, 9.17) is 9.47 Å². The first kappa shape index (κ1) is 21.8. The highest BCUT2D eigenvalue weighted by atomic mass is 16.7. The van der Waals surface area contributed by atoms with Crippen molar-refractivity contribution in [1.82, 2.24) is 15.2 Å². The van der Waals surface area contributed by atoms with Crippen LogP contribution in [0.2, 0.25) is 0 Å². The van der Waals surface area contributed by atoms with Crippen LogP contribution in [0.4, 0.5) is 0 Å². The molecule has 0 aliphatic carbocycles. The molecule has 2 aromatic carbocycles. The summed E-state index contributed by atoms with van der Waals surface area (Å²) in [7, 11) is 0. The lowest BCUT2D eigenvalue weighted by molar-refractivity contribution is -0.121. The van der Waals surface area contributed by atoms with Gasteiger partial charge in [-0.25, -0.2) is 0 Å². The normalized spacial score (nSPS) is 19.0. The van der Waals surface area contributed by atoms with Crippen molar-refractivity contribution >= 4 is 16.8 Å². The number of piperidine rings is 1. The maximum atomic E-state index is 13.0. The second-order valence-corrected chi connectivity index (χ2v) is 9.24. The highest BCUT2D eigenvalue weighted by Gasteiger charge is 2.24. The fourth-order valence-electron chi connectivity index (χ4n) is 5.18. The largest absolute Gasteiger partial charge is 0.454 e. The van der Waals surface area contributed by atoms with Crippen molar-refractivity contribution in [3.05, 3.63) is 59.8 Å². The van der Waals surface area contributed by atoms with Crippen LogP contribution in [0, 0.1) is 0 Å². The van der Waals surface area contributed by atoms with Gasteiger partial charge < -0.3 is 24.7 Å². The first-order chi connectivity index (χ1) is 16.2.